The third-order valence-electron chi connectivity index (χ3n) is 18.9. The number of aromatic hydroxyl groups is 2. The van der Waals surface area contributed by atoms with E-state index < -0.39 is 118 Å². The van der Waals surface area contributed by atoms with Gasteiger partial charge in [0.25, 0.3) is 47.3 Å². The van der Waals surface area contributed by atoms with Gasteiger partial charge in [-0.1, -0.05) is 13.5 Å². The molecule has 2 aliphatic heterocycles. The average molecular weight is 1320 g/mol. The number of phenols is 2. The molecule has 4 saturated carbocycles. The van der Waals surface area contributed by atoms with E-state index in [4.69, 9.17) is 23.7 Å². The number of nitrogens with one attached hydrogen (secondary N) is 8. The number of benzene rings is 4. The van der Waals surface area contributed by atoms with Gasteiger partial charge in [0, 0.05) is 59.8 Å². The Morgan fingerprint density at radius 2 is 0.656 bits per heavy atom. The molecule has 10 N–H and O–H groups in total. The van der Waals surface area contributed by atoms with Crippen molar-refractivity contribution < 1.29 is 77.0 Å². The summed E-state index contributed by atoms with van der Waals surface area (Å²) in [5.41, 5.74) is 1.04. The van der Waals surface area contributed by atoms with E-state index in [1.165, 1.54) is 24.3 Å². The average Bonchev–Trinajstić information content (AvgIpc) is 0.818. The molecule has 2 heterocycles. The van der Waals surface area contributed by atoms with Crippen LogP contribution in [-0.2, 0) is 19.0 Å². The minimum Gasteiger partial charge on any atom is -0.506 e. The molecule has 514 valence electrons. The van der Waals surface area contributed by atoms with Crippen molar-refractivity contribution in [3.63, 3.8) is 0 Å². The number of esters is 1. The molecule has 4 aromatic rings. The highest BCUT2D eigenvalue weighted by Gasteiger charge is 2.36. The number of hydrogen-bond donors (Lipinski definition) is 10. The Labute approximate surface area is 558 Å². The van der Waals surface area contributed by atoms with E-state index in [0.29, 0.717) is 125 Å². The van der Waals surface area contributed by atoms with Crippen molar-refractivity contribution in [3.05, 3.63) is 128 Å². The molecule has 6 aliphatic rings. The Hall–Kier alpha value is -9.03. The van der Waals surface area contributed by atoms with Crippen molar-refractivity contribution in [2.45, 2.75) is 186 Å². The first-order valence-corrected chi connectivity index (χ1v) is 33.6. The summed E-state index contributed by atoms with van der Waals surface area (Å²) < 4.78 is 30.9. The van der Waals surface area contributed by atoms with Crippen LogP contribution in [0.3, 0.4) is 0 Å². The van der Waals surface area contributed by atoms with Crippen molar-refractivity contribution in [2.75, 3.05) is 46.2 Å². The maximum Gasteiger partial charge on any atom is 0.330 e. The molecule has 0 saturated heterocycles. The highest BCUT2D eigenvalue weighted by atomic mass is 16.6. The lowest BCUT2D eigenvalue weighted by Gasteiger charge is -2.32. The second-order valence-corrected chi connectivity index (χ2v) is 27.2. The van der Waals surface area contributed by atoms with Gasteiger partial charge in [-0.25, -0.2) is 4.79 Å². The third kappa shape index (κ3) is 17.5. The fourth-order valence-electron chi connectivity index (χ4n) is 14.2. The van der Waals surface area contributed by atoms with E-state index in [0.717, 1.165) is 6.08 Å². The summed E-state index contributed by atoms with van der Waals surface area (Å²) in [6.07, 6.45) is 9.12. The lowest BCUT2D eigenvalue weighted by molar-refractivity contribution is -0.145. The topological polar surface area (TPSA) is 336 Å². The Morgan fingerprint density at radius 1 is 0.427 bits per heavy atom. The molecule has 4 aliphatic carbocycles. The standard InChI is InChI=1S/C72H90N8O16/c1-7-59(81)96-38-72(6)36-92-20-22-94-62-55-28-41(4)30-57(62)70(90)79-49-18-10-14-45(34-49)75-66(86)53-26-40(3)27-54(61(53)83)67(87)76-46-15-11-19-50(35-46)80-71(91)58-31-42(5)29-56(63(58)95-23-21-93-37-72)69(89)78-48-17-9-13-44(33-48)74-65(85)52-25-39(2)24-51(60(52)82)64(84)73-43-12-8-16-47(32-43)77-68(55)88/h7,24-31,43-50,82-83H,1,8-23,32-38H2,2-6H3,(H,73,84)(H,74,85)(H,75,86)(H,76,87)(H,77,88)(H,78,89)(H,79,90)(H,80,91). The summed E-state index contributed by atoms with van der Waals surface area (Å²) in [5.74, 6) is -6.39. The molecule has 4 fully saturated rings. The number of rotatable bonds is 3. The fraction of sp³-hybridized carbons (Fsp3) is 0.514. The molecule has 96 heavy (non-hydrogen) atoms. The van der Waals surface area contributed by atoms with Crippen molar-refractivity contribution in [3.8, 4) is 23.0 Å². The quantitative estimate of drug-likeness (QED) is 0.0724. The highest BCUT2D eigenvalue weighted by Crippen LogP contribution is 2.34. The van der Waals surface area contributed by atoms with Crippen LogP contribution in [0.4, 0.5) is 0 Å². The van der Waals surface area contributed by atoms with Crippen LogP contribution < -0.4 is 52.0 Å². The van der Waals surface area contributed by atoms with E-state index >= 15 is 0 Å². The maximum atomic E-state index is 14.8. The number of carbonyl (C=O) groups is 9. The van der Waals surface area contributed by atoms with Gasteiger partial charge in [-0.15, -0.1) is 0 Å². The molecule has 0 radical (unpaired) electrons. The maximum absolute atomic E-state index is 14.8. The van der Waals surface area contributed by atoms with Crippen LogP contribution in [0.5, 0.6) is 23.0 Å². The van der Waals surface area contributed by atoms with E-state index in [-0.39, 0.29) is 102 Å². The van der Waals surface area contributed by atoms with Crippen LogP contribution in [0.2, 0.25) is 0 Å². The van der Waals surface area contributed by atoms with E-state index in [1.807, 2.05) is 0 Å². The SMILES string of the molecule is C=CC(=O)OCC1(C)COCCOc2c3cc(C)cc2C(=O)NC2CCCC(C2)NC(=O)c2cc(C)cc(c2O)C(=O)NC2CCCC(C2)NC(=O)c2cc(C)cc(c2OCCOC1)C(=O)NC1CCCC(C1)NC(=O)c1cc(C)cc(c1O)C(=O)NC1CCCC(C1)NC3=O. The molecular weight excluding hydrogens is 1230 g/mol. The van der Waals surface area contributed by atoms with Crippen LogP contribution in [-0.4, -0.2) is 158 Å². The summed E-state index contributed by atoms with van der Waals surface area (Å²) in [4.78, 5) is 129. The lowest BCUT2D eigenvalue weighted by Crippen LogP contribution is -2.46. The number of phenolic OH excluding ortho intramolecular Hbond substituents is 2. The Bertz CT molecular complexity index is 3260. The Morgan fingerprint density at radius 3 is 0.896 bits per heavy atom. The van der Waals surface area contributed by atoms with Gasteiger partial charge in [-0.3, -0.25) is 38.4 Å². The molecule has 8 unspecified atom stereocenters. The minimum atomic E-state index is -0.996. The van der Waals surface area contributed by atoms with E-state index in [2.05, 4.69) is 49.1 Å². The third-order valence-corrected chi connectivity index (χ3v) is 18.9. The highest BCUT2D eigenvalue weighted by molar-refractivity contribution is 6.07. The zero-order valence-corrected chi connectivity index (χ0v) is 55.4. The molecule has 24 heteroatoms. The number of ether oxygens (including phenoxy) is 5. The molecule has 10 rings (SSSR count). The number of amides is 8. The first-order valence-electron chi connectivity index (χ1n) is 33.6. The summed E-state index contributed by atoms with van der Waals surface area (Å²) in [5, 5.41) is 48.1. The number of aryl methyl sites for hydroxylation is 4. The first-order chi connectivity index (χ1) is 46.0. The molecule has 0 spiro atoms. The van der Waals surface area contributed by atoms with Crippen LogP contribution in [0.15, 0.2) is 61.2 Å². The van der Waals surface area contributed by atoms with Gasteiger partial charge >= 0.3 is 5.97 Å². The van der Waals surface area contributed by atoms with Gasteiger partial charge in [-0.2, -0.15) is 0 Å². The van der Waals surface area contributed by atoms with Crippen molar-refractivity contribution in [1.29, 1.82) is 0 Å². The van der Waals surface area contributed by atoms with E-state index in [1.54, 1.807) is 58.9 Å². The smallest absolute Gasteiger partial charge is 0.330 e. The predicted octanol–water partition coefficient (Wildman–Crippen LogP) is 7.07. The lowest BCUT2D eigenvalue weighted by atomic mass is 9.89. The molecule has 14 bridgehead atoms. The fourth-order valence-corrected chi connectivity index (χ4v) is 14.2. The molecule has 0 aromatic heterocycles. The zero-order chi connectivity index (χ0) is 68.4. The summed E-state index contributed by atoms with van der Waals surface area (Å²) >= 11 is 0. The van der Waals surface area contributed by atoms with Crippen molar-refractivity contribution in [1.82, 2.24) is 42.5 Å². The van der Waals surface area contributed by atoms with Crippen LogP contribution in [0.1, 0.15) is 215 Å². The minimum absolute atomic E-state index is 0.0329. The monoisotopic (exact) mass is 1320 g/mol. The normalized spacial score (nSPS) is 26.2. The number of fused-ring (bicyclic) bond motifs is 22. The molecule has 8 amide bonds. The first kappa shape index (κ1) is 69.8. The number of hydrogen-bond acceptors (Lipinski definition) is 16. The van der Waals surface area contributed by atoms with Crippen molar-refractivity contribution >= 4 is 53.2 Å². The zero-order valence-electron chi connectivity index (χ0n) is 55.4. The molecule has 24 nitrogen and oxygen atoms in total. The Kier molecular flexibility index (Phi) is 22.7. The van der Waals surface area contributed by atoms with Gasteiger partial charge in [0.05, 0.1) is 70.9 Å². The second-order valence-electron chi connectivity index (χ2n) is 27.2. The summed E-state index contributed by atoms with van der Waals surface area (Å²) in [7, 11) is 0. The molecular formula is C72H90N8O16. The second kappa shape index (κ2) is 31.2. The molecule has 8 atom stereocenters. The van der Waals surface area contributed by atoms with Crippen molar-refractivity contribution in [2.24, 2.45) is 5.41 Å². The van der Waals surface area contributed by atoms with Gasteiger partial charge in [0.15, 0.2) is 0 Å². The van der Waals surface area contributed by atoms with Crippen LogP contribution in [0.25, 0.3) is 0 Å². The van der Waals surface area contributed by atoms with Gasteiger partial charge < -0.3 is 76.4 Å². The van der Waals surface area contributed by atoms with Gasteiger partial charge in [-0.05, 0) is 201 Å². The summed E-state index contributed by atoms with van der Waals surface area (Å²) in [6.45, 7) is 11.5. The summed E-state index contributed by atoms with van der Waals surface area (Å²) in [6, 6.07) is 8.82. The number of carbonyl (C=O) groups excluding carboxylic acids is 9. The predicted molar refractivity (Wildman–Crippen MR) is 354 cm³/mol. The van der Waals surface area contributed by atoms with E-state index in [9.17, 15) is 53.4 Å². The Balaban J connectivity index is 1.03. The largest absolute Gasteiger partial charge is 0.506 e. The van der Waals surface area contributed by atoms with Crippen LogP contribution in [0, 0.1) is 33.1 Å². The van der Waals surface area contributed by atoms with Gasteiger partial charge in [0.1, 0.15) is 42.8 Å². The van der Waals surface area contributed by atoms with Crippen LogP contribution >= 0.6 is 0 Å². The molecule has 4 aromatic carbocycles. The van der Waals surface area contributed by atoms with Gasteiger partial charge in [0.2, 0.25) is 0 Å².